The maximum Gasteiger partial charge on any atom is 0.0547 e. The van der Waals surface area contributed by atoms with E-state index in [0.717, 1.165) is 5.69 Å². The summed E-state index contributed by atoms with van der Waals surface area (Å²) in [6.45, 7) is 0. The van der Waals surface area contributed by atoms with Crippen LogP contribution in [0.25, 0.3) is 88.4 Å². The number of hydrogen-bond acceptors (Lipinski definition) is 0. The van der Waals surface area contributed by atoms with E-state index in [2.05, 4.69) is 203 Å². The molecule has 0 unspecified atom stereocenters. The van der Waals surface area contributed by atoms with Crippen molar-refractivity contribution in [2.24, 2.45) is 0 Å². The lowest BCUT2D eigenvalue weighted by atomic mass is 9.94. The molecule has 2 nitrogen and oxygen atoms in total. The minimum Gasteiger partial charge on any atom is -0.309 e. The summed E-state index contributed by atoms with van der Waals surface area (Å²) in [6.07, 6.45) is 0. The molecule has 2 aromatic heterocycles. The van der Waals surface area contributed by atoms with Gasteiger partial charge < -0.3 is 9.13 Å². The Labute approximate surface area is 290 Å². The van der Waals surface area contributed by atoms with E-state index in [9.17, 15) is 0 Å². The predicted octanol–water partition coefficient (Wildman–Crippen LogP) is 12.9. The van der Waals surface area contributed by atoms with Gasteiger partial charge in [-0.15, -0.1) is 0 Å². The number of benzene rings is 8. The van der Waals surface area contributed by atoms with Crippen molar-refractivity contribution in [2.75, 3.05) is 0 Å². The fourth-order valence-corrected chi connectivity index (χ4v) is 7.85. The quantitative estimate of drug-likeness (QED) is 0.178. The van der Waals surface area contributed by atoms with E-state index in [1.807, 2.05) is 0 Å². The molecule has 0 amide bonds. The fraction of sp³-hybridized carbons (Fsp3) is 0. The smallest absolute Gasteiger partial charge is 0.0547 e. The summed E-state index contributed by atoms with van der Waals surface area (Å²) in [5.74, 6) is 0. The Balaban J connectivity index is 1.14. The van der Waals surface area contributed by atoms with E-state index >= 15 is 0 Å². The van der Waals surface area contributed by atoms with E-state index in [0.29, 0.717) is 0 Å². The lowest BCUT2D eigenvalue weighted by Gasteiger charge is -2.13. The summed E-state index contributed by atoms with van der Waals surface area (Å²) < 4.78 is 4.81. The van der Waals surface area contributed by atoms with Gasteiger partial charge in [0.25, 0.3) is 0 Å². The third-order valence-electron chi connectivity index (χ3n) is 10.1. The first-order valence-electron chi connectivity index (χ1n) is 17.2. The number of nitrogens with zero attached hydrogens (tertiary/aromatic N) is 2. The van der Waals surface area contributed by atoms with Crippen molar-refractivity contribution in [2.45, 2.75) is 0 Å². The second-order valence-electron chi connectivity index (χ2n) is 13.0. The molecule has 234 valence electrons. The minimum atomic E-state index is 1.15. The summed E-state index contributed by atoms with van der Waals surface area (Å²) in [4.78, 5) is 0. The Morgan fingerprint density at radius 2 is 0.740 bits per heavy atom. The molecule has 0 saturated carbocycles. The Morgan fingerprint density at radius 1 is 0.240 bits per heavy atom. The number of hydrogen-bond donors (Lipinski definition) is 0. The molecule has 2 heterocycles. The topological polar surface area (TPSA) is 9.86 Å². The van der Waals surface area contributed by atoms with Crippen molar-refractivity contribution in [3.05, 3.63) is 194 Å². The van der Waals surface area contributed by atoms with Gasteiger partial charge in [-0.1, -0.05) is 140 Å². The first-order chi connectivity index (χ1) is 24.8. The molecule has 0 radical (unpaired) electrons. The van der Waals surface area contributed by atoms with Crippen LogP contribution in [0.5, 0.6) is 0 Å². The first kappa shape index (κ1) is 28.4. The highest BCUT2D eigenvalue weighted by Crippen LogP contribution is 2.39. The van der Waals surface area contributed by atoms with Crippen LogP contribution in [0.3, 0.4) is 0 Å². The van der Waals surface area contributed by atoms with Crippen LogP contribution in [-0.4, -0.2) is 9.13 Å². The monoisotopic (exact) mass is 636 g/mol. The summed E-state index contributed by atoms with van der Waals surface area (Å²) in [5.41, 5.74) is 14.5. The summed E-state index contributed by atoms with van der Waals surface area (Å²) in [5, 5.41) is 5.03. The third-order valence-corrected chi connectivity index (χ3v) is 10.1. The number of rotatable bonds is 5. The molecule has 0 atom stereocenters. The Morgan fingerprint density at radius 3 is 1.50 bits per heavy atom. The highest BCUT2D eigenvalue weighted by molar-refractivity contribution is 6.12. The lowest BCUT2D eigenvalue weighted by Crippen LogP contribution is -1.95. The van der Waals surface area contributed by atoms with Gasteiger partial charge in [-0.3, -0.25) is 0 Å². The SMILES string of the molecule is c1ccc(-c2ccccc2-c2cccc(-n3c4ccccc4c4cc(-c5ccc6c7ccccc7n(-c7ccccc7)c6c5)ccc43)c2)cc1. The lowest BCUT2D eigenvalue weighted by molar-refractivity contribution is 1.18. The molecule has 0 saturated heterocycles. The molecule has 50 heavy (non-hydrogen) atoms. The molecule has 0 fully saturated rings. The van der Waals surface area contributed by atoms with Gasteiger partial charge in [0.1, 0.15) is 0 Å². The summed E-state index contributed by atoms with van der Waals surface area (Å²) in [7, 11) is 0. The molecule has 0 aliphatic carbocycles. The molecule has 0 spiro atoms. The molecule has 0 aliphatic heterocycles. The standard InChI is InChI=1S/C48H32N2/c1-3-14-33(15-4-1)39-20-7-8-21-40(39)36-16-13-19-38(30-36)50-46-25-12-10-23-42(46)44-31-34(27-29-47(44)50)35-26-28-43-41-22-9-11-24-45(41)49(48(43)32-35)37-17-5-2-6-18-37/h1-32H. The summed E-state index contributed by atoms with van der Waals surface area (Å²) in [6, 6.07) is 70.4. The number of para-hydroxylation sites is 3. The Hall–Kier alpha value is -6.64. The Bertz CT molecular complexity index is 2860. The molecule has 2 heteroatoms. The van der Waals surface area contributed by atoms with Crippen LogP contribution in [0, 0.1) is 0 Å². The van der Waals surface area contributed by atoms with Crippen LogP contribution in [0.1, 0.15) is 0 Å². The van der Waals surface area contributed by atoms with Gasteiger partial charge in [0, 0.05) is 32.9 Å². The molecule has 0 bridgehead atoms. The maximum absolute atomic E-state index is 2.42. The van der Waals surface area contributed by atoms with Crippen LogP contribution in [-0.2, 0) is 0 Å². The van der Waals surface area contributed by atoms with Crippen molar-refractivity contribution in [3.8, 4) is 44.8 Å². The van der Waals surface area contributed by atoms with Crippen LogP contribution in [0.15, 0.2) is 194 Å². The van der Waals surface area contributed by atoms with Crippen LogP contribution in [0.2, 0.25) is 0 Å². The highest BCUT2D eigenvalue weighted by atomic mass is 15.0. The zero-order valence-electron chi connectivity index (χ0n) is 27.4. The average Bonchev–Trinajstić information content (AvgIpc) is 3.71. The third kappa shape index (κ3) is 4.50. The summed E-state index contributed by atoms with van der Waals surface area (Å²) >= 11 is 0. The van der Waals surface area contributed by atoms with Gasteiger partial charge in [-0.25, -0.2) is 0 Å². The van der Waals surface area contributed by atoms with E-state index < -0.39 is 0 Å². The van der Waals surface area contributed by atoms with Crippen molar-refractivity contribution in [1.82, 2.24) is 9.13 Å². The zero-order valence-corrected chi connectivity index (χ0v) is 27.4. The van der Waals surface area contributed by atoms with E-state index in [1.54, 1.807) is 0 Å². The number of aromatic nitrogens is 2. The van der Waals surface area contributed by atoms with E-state index in [-0.39, 0.29) is 0 Å². The molecule has 0 N–H and O–H groups in total. The van der Waals surface area contributed by atoms with Gasteiger partial charge in [-0.05, 0) is 88.0 Å². The van der Waals surface area contributed by atoms with Crippen molar-refractivity contribution >= 4 is 43.6 Å². The molecule has 10 rings (SSSR count). The van der Waals surface area contributed by atoms with Gasteiger partial charge in [0.2, 0.25) is 0 Å². The Kier molecular flexibility index (Phi) is 6.53. The molecular formula is C48H32N2. The minimum absolute atomic E-state index is 1.15. The van der Waals surface area contributed by atoms with Gasteiger partial charge >= 0.3 is 0 Å². The van der Waals surface area contributed by atoms with Crippen LogP contribution >= 0.6 is 0 Å². The van der Waals surface area contributed by atoms with E-state index in [1.165, 1.54) is 82.7 Å². The van der Waals surface area contributed by atoms with Crippen molar-refractivity contribution < 1.29 is 0 Å². The van der Waals surface area contributed by atoms with Gasteiger partial charge in [-0.2, -0.15) is 0 Å². The normalized spacial score (nSPS) is 11.6. The first-order valence-corrected chi connectivity index (χ1v) is 17.2. The van der Waals surface area contributed by atoms with Gasteiger partial charge in [0.05, 0.1) is 22.1 Å². The maximum atomic E-state index is 2.42. The second kappa shape index (κ2) is 11.5. The van der Waals surface area contributed by atoms with Crippen molar-refractivity contribution in [3.63, 3.8) is 0 Å². The molecule has 10 aromatic rings. The molecule has 8 aromatic carbocycles. The highest BCUT2D eigenvalue weighted by Gasteiger charge is 2.17. The van der Waals surface area contributed by atoms with Crippen LogP contribution < -0.4 is 0 Å². The fourth-order valence-electron chi connectivity index (χ4n) is 7.85. The molecule has 0 aliphatic rings. The van der Waals surface area contributed by atoms with E-state index in [4.69, 9.17) is 0 Å². The molecular weight excluding hydrogens is 605 g/mol. The predicted molar refractivity (Wildman–Crippen MR) is 211 cm³/mol. The van der Waals surface area contributed by atoms with Gasteiger partial charge in [0.15, 0.2) is 0 Å². The zero-order chi connectivity index (χ0) is 33.0. The largest absolute Gasteiger partial charge is 0.309 e. The van der Waals surface area contributed by atoms with Crippen LogP contribution in [0.4, 0.5) is 0 Å². The second-order valence-corrected chi connectivity index (χ2v) is 13.0. The van der Waals surface area contributed by atoms with Crippen molar-refractivity contribution in [1.29, 1.82) is 0 Å². The average molecular weight is 637 g/mol. The number of fused-ring (bicyclic) bond motifs is 6.